The van der Waals surface area contributed by atoms with E-state index >= 15 is 0 Å². The van der Waals surface area contributed by atoms with E-state index in [4.69, 9.17) is 14.2 Å². The highest BCUT2D eigenvalue weighted by Gasteiger charge is 2.26. The van der Waals surface area contributed by atoms with Crippen LogP contribution in [0.25, 0.3) is 21.8 Å². The third kappa shape index (κ3) is 5.85. The van der Waals surface area contributed by atoms with Gasteiger partial charge in [-0.05, 0) is 76.2 Å². The molecule has 0 amide bonds. The summed E-state index contributed by atoms with van der Waals surface area (Å²) in [4.78, 5) is 35.7. The molecule has 8 nitrogen and oxygen atoms in total. The van der Waals surface area contributed by atoms with E-state index in [-0.39, 0.29) is 35.9 Å². The number of H-pyrrole nitrogens is 1. The lowest BCUT2D eigenvalue weighted by molar-refractivity contribution is 0.0366. The van der Waals surface area contributed by atoms with Gasteiger partial charge < -0.3 is 19.2 Å². The second-order valence-electron chi connectivity index (χ2n) is 10.4. The molecule has 0 spiro atoms. The molecular weight excluding hydrogens is 513 g/mol. The van der Waals surface area contributed by atoms with E-state index in [9.17, 15) is 14.0 Å². The van der Waals surface area contributed by atoms with Gasteiger partial charge in [-0.3, -0.25) is 9.69 Å². The van der Waals surface area contributed by atoms with Gasteiger partial charge in [0.15, 0.2) is 11.5 Å². The van der Waals surface area contributed by atoms with Gasteiger partial charge >= 0.3 is 5.97 Å². The largest absolute Gasteiger partial charge is 0.492 e. The zero-order chi connectivity index (χ0) is 28.2. The molecule has 0 aliphatic carbocycles. The normalized spacial score (nSPS) is 14.7. The number of aromatic nitrogens is 2. The van der Waals surface area contributed by atoms with E-state index in [1.54, 1.807) is 39.3 Å². The van der Waals surface area contributed by atoms with Crippen LogP contribution in [-0.4, -0.2) is 66.1 Å². The number of pyridine rings is 1. The molecule has 210 valence electrons. The molecule has 1 fully saturated rings. The molecule has 1 saturated heterocycles. The Labute approximate surface area is 232 Å². The summed E-state index contributed by atoms with van der Waals surface area (Å²) in [7, 11) is 1.58. The Morgan fingerprint density at radius 2 is 1.82 bits per heavy atom. The van der Waals surface area contributed by atoms with Crippen molar-refractivity contribution in [1.82, 2.24) is 14.9 Å². The van der Waals surface area contributed by atoms with Crippen molar-refractivity contribution in [2.24, 2.45) is 5.92 Å². The highest BCUT2D eigenvalue weighted by Crippen LogP contribution is 2.36. The summed E-state index contributed by atoms with van der Waals surface area (Å²) in [6.45, 7) is 6.57. The van der Waals surface area contributed by atoms with Crippen LogP contribution in [0.1, 0.15) is 53.1 Å². The highest BCUT2D eigenvalue weighted by molar-refractivity contribution is 6.13. The molecule has 0 unspecified atom stereocenters. The number of carbonyl (C=O) groups is 2. The van der Waals surface area contributed by atoms with Gasteiger partial charge in [-0.2, -0.15) is 0 Å². The lowest BCUT2D eigenvalue weighted by Gasteiger charge is -2.31. The Morgan fingerprint density at radius 3 is 2.52 bits per heavy atom. The number of likely N-dealkylation sites (tertiary alicyclic amines) is 1. The van der Waals surface area contributed by atoms with Crippen molar-refractivity contribution in [1.29, 1.82) is 0 Å². The lowest BCUT2D eigenvalue weighted by Crippen LogP contribution is -2.38. The van der Waals surface area contributed by atoms with Crippen molar-refractivity contribution in [2.75, 3.05) is 33.4 Å². The van der Waals surface area contributed by atoms with Crippen LogP contribution in [0.5, 0.6) is 5.75 Å². The summed E-state index contributed by atoms with van der Waals surface area (Å²) >= 11 is 0. The molecule has 3 heterocycles. The maximum atomic E-state index is 13.2. The Kier molecular flexibility index (Phi) is 8.42. The number of Topliss-reactive ketones (excluding diaryl/α,β-unsaturated/α-hetero) is 1. The number of nitrogens with zero attached hydrogens (tertiary/aromatic N) is 2. The Hall–Kier alpha value is -3.82. The van der Waals surface area contributed by atoms with Crippen LogP contribution in [0.4, 0.5) is 4.39 Å². The van der Waals surface area contributed by atoms with Crippen LogP contribution in [-0.2, 0) is 16.1 Å². The van der Waals surface area contributed by atoms with Crippen LogP contribution < -0.4 is 4.74 Å². The van der Waals surface area contributed by atoms with E-state index in [0.29, 0.717) is 30.0 Å². The summed E-state index contributed by atoms with van der Waals surface area (Å²) in [5.74, 6) is -0.0860. The monoisotopic (exact) mass is 547 g/mol. The minimum atomic E-state index is -0.488. The number of piperidine rings is 1. The summed E-state index contributed by atoms with van der Waals surface area (Å²) in [5, 5.41) is 1.70. The maximum Gasteiger partial charge on any atom is 0.357 e. The van der Waals surface area contributed by atoms with Crippen LogP contribution in [0.2, 0.25) is 0 Å². The summed E-state index contributed by atoms with van der Waals surface area (Å²) in [6, 6.07) is 11.6. The van der Waals surface area contributed by atoms with E-state index in [2.05, 4.69) is 14.9 Å². The van der Waals surface area contributed by atoms with Gasteiger partial charge in [0.25, 0.3) is 0 Å². The van der Waals surface area contributed by atoms with Crippen molar-refractivity contribution < 1.29 is 28.2 Å². The summed E-state index contributed by atoms with van der Waals surface area (Å²) in [6.07, 6.45) is 2.90. The van der Waals surface area contributed by atoms with Crippen LogP contribution in [0.3, 0.4) is 0 Å². The number of methoxy groups -OCH3 is 1. The van der Waals surface area contributed by atoms with Gasteiger partial charge in [-0.1, -0.05) is 6.07 Å². The number of hydrogen-bond acceptors (Lipinski definition) is 7. The molecule has 0 saturated carbocycles. The molecule has 40 heavy (non-hydrogen) atoms. The average molecular weight is 548 g/mol. The molecule has 1 N–H and O–H groups in total. The molecule has 0 bridgehead atoms. The fraction of sp³-hybridized carbons (Fsp3) is 0.387. The number of ether oxygens (including phenoxy) is 3. The van der Waals surface area contributed by atoms with E-state index < -0.39 is 5.97 Å². The summed E-state index contributed by atoms with van der Waals surface area (Å²) in [5.41, 5.74) is 3.12. The SMILES string of the molecule is COCc1c(C(=O)OC(C)C)ncc2[nH]c3cccc(OCCN4CCC(C(=O)c5ccc(F)cc5)CC4)c3c12. The third-order valence-electron chi connectivity index (χ3n) is 7.30. The standard InChI is InChI=1S/C31H34FN3O5/c1-19(2)40-31(37)29-23(18-38-3)27-25(17-33-29)34-24-5-4-6-26(28(24)27)39-16-15-35-13-11-21(12-14-35)30(36)20-7-9-22(32)10-8-20/h4-10,17,19,21,34H,11-16,18H2,1-3H3. The number of rotatable bonds is 10. The fourth-order valence-corrected chi connectivity index (χ4v) is 5.38. The van der Waals surface area contributed by atoms with Gasteiger partial charge in [0.1, 0.15) is 18.2 Å². The van der Waals surface area contributed by atoms with Gasteiger partial charge in [-0.25, -0.2) is 14.2 Å². The number of benzene rings is 2. The number of ketones is 1. The first-order chi connectivity index (χ1) is 19.4. The number of halogens is 1. The molecule has 1 aliphatic rings. The fourth-order valence-electron chi connectivity index (χ4n) is 5.38. The number of esters is 1. The molecule has 1 aliphatic heterocycles. The molecule has 2 aromatic carbocycles. The van der Waals surface area contributed by atoms with Gasteiger partial charge in [0.2, 0.25) is 0 Å². The predicted octanol–water partition coefficient (Wildman–Crippen LogP) is 5.54. The van der Waals surface area contributed by atoms with Crippen molar-refractivity contribution in [3.8, 4) is 5.75 Å². The van der Waals surface area contributed by atoms with Crippen LogP contribution in [0, 0.1) is 11.7 Å². The van der Waals surface area contributed by atoms with Crippen molar-refractivity contribution in [3.05, 3.63) is 71.3 Å². The Morgan fingerprint density at radius 1 is 1.07 bits per heavy atom. The first-order valence-corrected chi connectivity index (χ1v) is 13.6. The quantitative estimate of drug-likeness (QED) is 0.206. The molecule has 0 atom stereocenters. The molecular formula is C31H34FN3O5. The van der Waals surface area contributed by atoms with Gasteiger partial charge in [0.05, 0.1) is 29.9 Å². The van der Waals surface area contributed by atoms with Crippen LogP contribution in [0.15, 0.2) is 48.7 Å². The first-order valence-electron chi connectivity index (χ1n) is 13.6. The average Bonchev–Trinajstić information content (AvgIpc) is 3.33. The van der Waals surface area contributed by atoms with E-state index in [0.717, 1.165) is 47.7 Å². The third-order valence-corrected chi connectivity index (χ3v) is 7.30. The van der Waals surface area contributed by atoms with Crippen molar-refractivity contribution in [3.63, 3.8) is 0 Å². The topological polar surface area (TPSA) is 93.8 Å². The van der Waals surface area contributed by atoms with Crippen molar-refractivity contribution >= 4 is 33.6 Å². The number of carbonyl (C=O) groups excluding carboxylic acids is 2. The first kappa shape index (κ1) is 27.7. The molecule has 5 rings (SSSR count). The molecule has 4 aromatic rings. The number of hydrogen-bond donors (Lipinski definition) is 1. The highest BCUT2D eigenvalue weighted by atomic mass is 19.1. The summed E-state index contributed by atoms with van der Waals surface area (Å²) < 4.78 is 30.4. The smallest absolute Gasteiger partial charge is 0.357 e. The lowest BCUT2D eigenvalue weighted by atomic mass is 9.89. The zero-order valence-corrected chi connectivity index (χ0v) is 23.0. The minimum Gasteiger partial charge on any atom is -0.492 e. The van der Waals surface area contributed by atoms with E-state index in [1.807, 2.05) is 18.2 Å². The second kappa shape index (κ2) is 12.1. The maximum absolute atomic E-state index is 13.2. The molecule has 2 aromatic heterocycles. The predicted molar refractivity (Wildman–Crippen MR) is 150 cm³/mol. The van der Waals surface area contributed by atoms with Gasteiger partial charge in [-0.15, -0.1) is 0 Å². The molecule has 0 radical (unpaired) electrons. The van der Waals surface area contributed by atoms with Crippen LogP contribution >= 0.6 is 0 Å². The molecule has 9 heteroatoms. The zero-order valence-electron chi connectivity index (χ0n) is 23.0. The van der Waals surface area contributed by atoms with Gasteiger partial charge in [0, 0.05) is 41.5 Å². The number of nitrogens with one attached hydrogen (secondary N) is 1. The minimum absolute atomic E-state index is 0.0491. The van der Waals surface area contributed by atoms with E-state index in [1.165, 1.54) is 12.1 Å². The Bertz CT molecular complexity index is 1510. The number of fused-ring (bicyclic) bond motifs is 3. The second-order valence-corrected chi connectivity index (χ2v) is 10.4. The van der Waals surface area contributed by atoms with Crippen molar-refractivity contribution in [2.45, 2.75) is 39.4 Å². The Balaban J connectivity index is 1.29. The number of aromatic amines is 1.